The first-order valence-corrected chi connectivity index (χ1v) is 4.11. The predicted molar refractivity (Wildman–Crippen MR) is 44.2 cm³/mol. The lowest BCUT2D eigenvalue weighted by Gasteiger charge is -2.05. The second kappa shape index (κ2) is 4.33. The lowest BCUT2D eigenvalue weighted by atomic mass is 10.4. The van der Waals surface area contributed by atoms with Gasteiger partial charge in [-0.25, -0.2) is 4.79 Å². The van der Waals surface area contributed by atoms with Gasteiger partial charge in [0.1, 0.15) is 0 Å². The number of ether oxygens (including phenoxy) is 1. The summed E-state index contributed by atoms with van der Waals surface area (Å²) in [5, 5.41) is 3.63. The molecule has 1 aromatic heterocycles. The quantitative estimate of drug-likeness (QED) is 0.730. The molecule has 1 heterocycles. The van der Waals surface area contributed by atoms with Gasteiger partial charge in [-0.1, -0.05) is 0 Å². The fourth-order valence-corrected chi connectivity index (χ4v) is 0.941. The third kappa shape index (κ3) is 3.61. The van der Waals surface area contributed by atoms with Crippen molar-refractivity contribution in [2.45, 2.75) is 19.1 Å². The van der Waals surface area contributed by atoms with E-state index in [0.29, 0.717) is 0 Å². The summed E-state index contributed by atoms with van der Waals surface area (Å²) in [6, 6.07) is 1.31. The van der Waals surface area contributed by atoms with Crippen molar-refractivity contribution in [3.63, 3.8) is 0 Å². The molecule has 4 nitrogen and oxygen atoms in total. The van der Waals surface area contributed by atoms with Gasteiger partial charge in [-0.15, -0.1) is 0 Å². The van der Waals surface area contributed by atoms with E-state index in [0.717, 1.165) is 4.68 Å². The van der Waals surface area contributed by atoms with Crippen LogP contribution in [0.4, 0.5) is 13.2 Å². The van der Waals surface area contributed by atoms with Crippen LogP contribution < -0.4 is 0 Å². The maximum Gasteiger partial charge on any atom is 0.390 e. The minimum Gasteiger partial charge on any atom is -0.464 e. The number of methoxy groups -OCH3 is 1. The van der Waals surface area contributed by atoms with Crippen LogP contribution >= 0.6 is 0 Å². The minimum atomic E-state index is -4.22. The van der Waals surface area contributed by atoms with E-state index in [1.54, 1.807) is 0 Å². The van der Waals surface area contributed by atoms with Crippen molar-refractivity contribution in [2.75, 3.05) is 7.11 Å². The monoisotopic (exact) mass is 222 g/mol. The molecule has 84 valence electrons. The first-order chi connectivity index (χ1) is 6.92. The zero-order valence-corrected chi connectivity index (χ0v) is 7.91. The number of rotatable bonds is 3. The highest BCUT2D eigenvalue weighted by molar-refractivity contribution is 5.86. The molecule has 0 saturated carbocycles. The second-order valence-corrected chi connectivity index (χ2v) is 2.82. The molecule has 0 saturated heterocycles. The fraction of sp³-hybridized carbons (Fsp3) is 0.500. The molecule has 1 rings (SSSR count). The molecule has 0 amide bonds. The largest absolute Gasteiger partial charge is 0.464 e. The number of nitrogens with zero attached hydrogens (tertiary/aromatic N) is 2. The van der Waals surface area contributed by atoms with Gasteiger partial charge in [0.2, 0.25) is 0 Å². The van der Waals surface area contributed by atoms with Crippen LogP contribution in [-0.4, -0.2) is 29.0 Å². The van der Waals surface area contributed by atoms with Crippen molar-refractivity contribution in [3.8, 4) is 0 Å². The Kier molecular flexibility index (Phi) is 3.33. The first-order valence-electron chi connectivity index (χ1n) is 4.11. The number of halogens is 3. The number of carbonyl (C=O) groups excluding carboxylic acids is 1. The summed E-state index contributed by atoms with van der Waals surface area (Å²) in [4.78, 5) is 10.9. The van der Waals surface area contributed by atoms with Crippen molar-refractivity contribution in [1.82, 2.24) is 9.78 Å². The van der Waals surface area contributed by atoms with Gasteiger partial charge in [-0.3, -0.25) is 4.68 Å². The number of aromatic nitrogens is 2. The Labute approximate surface area is 83.6 Å². The maximum atomic E-state index is 11.8. The van der Waals surface area contributed by atoms with E-state index in [2.05, 4.69) is 9.84 Å². The molecular formula is C8H9F3N2O2. The Balaban J connectivity index is 2.57. The van der Waals surface area contributed by atoms with Crippen LogP contribution in [0.25, 0.3) is 0 Å². The molecule has 0 unspecified atom stereocenters. The summed E-state index contributed by atoms with van der Waals surface area (Å²) in [6.07, 6.45) is -3.90. The highest BCUT2D eigenvalue weighted by Crippen LogP contribution is 2.19. The molecule has 7 heteroatoms. The average molecular weight is 222 g/mol. The zero-order chi connectivity index (χ0) is 11.5. The number of hydrogen-bond acceptors (Lipinski definition) is 3. The van der Waals surface area contributed by atoms with Crippen LogP contribution in [0.3, 0.4) is 0 Å². The summed E-state index contributed by atoms with van der Waals surface area (Å²) in [5.41, 5.74) is -0.000301. The molecule has 0 radical (unpaired) electrons. The van der Waals surface area contributed by atoms with E-state index in [4.69, 9.17) is 0 Å². The number of alkyl halides is 3. The molecule has 0 aliphatic carbocycles. The second-order valence-electron chi connectivity index (χ2n) is 2.82. The number of hydrogen-bond donors (Lipinski definition) is 0. The van der Waals surface area contributed by atoms with Gasteiger partial charge in [0.15, 0.2) is 5.69 Å². The van der Waals surface area contributed by atoms with Gasteiger partial charge in [-0.05, 0) is 6.07 Å². The van der Waals surface area contributed by atoms with E-state index >= 15 is 0 Å². The zero-order valence-electron chi connectivity index (χ0n) is 7.91. The SMILES string of the molecule is COC(=O)c1ccn(CCC(F)(F)F)n1. The third-order valence-electron chi connectivity index (χ3n) is 1.66. The van der Waals surface area contributed by atoms with E-state index < -0.39 is 18.6 Å². The number of esters is 1. The van der Waals surface area contributed by atoms with Crippen molar-refractivity contribution in [2.24, 2.45) is 0 Å². The smallest absolute Gasteiger partial charge is 0.390 e. The van der Waals surface area contributed by atoms with E-state index in [-0.39, 0.29) is 12.2 Å². The van der Waals surface area contributed by atoms with Crippen molar-refractivity contribution >= 4 is 5.97 Å². The Morgan fingerprint density at radius 1 is 1.60 bits per heavy atom. The van der Waals surface area contributed by atoms with Crippen LogP contribution in [0, 0.1) is 0 Å². The van der Waals surface area contributed by atoms with Crippen molar-refractivity contribution < 1.29 is 22.7 Å². The Hall–Kier alpha value is -1.53. The van der Waals surface area contributed by atoms with Crippen LogP contribution in [0.2, 0.25) is 0 Å². The van der Waals surface area contributed by atoms with E-state index in [9.17, 15) is 18.0 Å². The average Bonchev–Trinajstić information content (AvgIpc) is 2.61. The van der Waals surface area contributed by atoms with Gasteiger partial charge >= 0.3 is 12.1 Å². The van der Waals surface area contributed by atoms with Crippen LogP contribution in [-0.2, 0) is 11.3 Å². The third-order valence-corrected chi connectivity index (χ3v) is 1.66. The summed E-state index contributed by atoms with van der Waals surface area (Å²) >= 11 is 0. The first kappa shape index (κ1) is 11.5. The molecule has 0 atom stereocenters. The van der Waals surface area contributed by atoms with E-state index in [1.165, 1.54) is 19.4 Å². The molecule has 0 N–H and O–H groups in total. The van der Waals surface area contributed by atoms with Gasteiger partial charge < -0.3 is 4.74 Å². The fourth-order valence-electron chi connectivity index (χ4n) is 0.941. The topological polar surface area (TPSA) is 44.1 Å². The lowest BCUT2D eigenvalue weighted by molar-refractivity contribution is -0.137. The molecular weight excluding hydrogens is 213 g/mol. The molecule has 0 aromatic carbocycles. The predicted octanol–water partition coefficient (Wildman–Crippen LogP) is 1.62. The summed E-state index contributed by atoms with van der Waals surface area (Å²) in [7, 11) is 1.18. The van der Waals surface area contributed by atoms with Gasteiger partial charge in [-0.2, -0.15) is 18.3 Å². The van der Waals surface area contributed by atoms with Crippen LogP contribution in [0.1, 0.15) is 16.9 Å². The molecule has 0 aliphatic rings. The van der Waals surface area contributed by atoms with E-state index in [1.807, 2.05) is 0 Å². The Bertz CT molecular complexity index is 346. The molecule has 0 aliphatic heterocycles. The van der Waals surface area contributed by atoms with Crippen molar-refractivity contribution in [3.05, 3.63) is 18.0 Å². The number of aryl methyl sites for hydroxylation is 1. The summed E-state index contributed by atoms with van der Waals surface area (Å²) in [5.74, 6) is -0.666. The molecule has 0 fully saturated rings. The van der Waals surface area contributed by atoms with Crippen molar-refractivity contribution in [1.29, 1.82) is 0 Å². The molecule has 0 bridgehead atoms. The Morgan fingerprint density at radius 3 is 2.80 bits per heavy atom. The van der Waals surface area contributed by atoms with Gasteiger partial charge in [0, 0.05) is 12.7 Å². The summed E-state index contributed by atoms with van der Waals surface area (Å²) in [6.45, 7) is -0.305. The Morgan fingerprint density at radius 2 is 2.27 bits per heavy atom. The minimum absolute atomic E-state index is 0.000301. The normalized spacial score (nSPS) is 11.5. The lowest BCUT2D eigenvalue weighted by Crippen LogP contribution is -2.13. The molecule has 15 heavy (non-hydrogen) atoms. The van der Waals surface area contributed by atoms with Gasteiger partial charge in [0.25, 0.3) is 0 Å². The van der Waals surface area contributed by atoms with Gasteiger partial charge in [0.05, 0.1) is 13.5 Å². The summed E-state index contributed by atoms with van der Waals surface area (Å²) < 4.78 is 40.9. The van der Waals surface area contributed by atoms with Crippen LogP contribution in [0.5, 0.6) is 0 Å². The number of carbonyl (C=O) groups is 1. The maximum absolute atomic E-state index is 11.8. The highest BCUT2D eigenvalue weighted by atomic mass is 19.4. The standard InChI is InChI=1S/C8H9F3N2O2/c1-15-7(14)6-2-4-13(12-6)5-3-8(9,10)11/h2,4H,3,5H2,1H3. The highest BCUT2D eigenvalue weighted by Gasteiger charge is 2.26. The molecule has 1 aromatic rings. The van der Waals surface area contributed by atoms with Crippen LogP contribution in [0.15, 0.2) is 12.3 Å². The molecule has 0 spiro atoms.